The highest BCUT2D eigenvalue weighted by Gasteiger charge is 2.32. The van der Waals surface area contributed by atoms with E-state index >= 15 is 0 Å². The van der Waals surface area contributed by atoms with E-state index in [9.17, 15) is 13.3 Å². The Morgan fingerprint density at radius 2 is 1.87 bits per heavy atom. The number of rotatable bonds is 8. The van der Waals surface area contributed by atoms with Crippen LogP contribution in [0.5, 0.6) is 11.5 Å². The summed E-state index contributed by atoms with van der Waals surface area (Å²) >= 11 is 0. The van der Waals surface area contributed by atoms with Crippen molar-refractivity contribution in [1.29, 1.82) is 0 Å². The number of phosphoric ester groups is 1. The van der Waals surface area contributed by atoms with E-state index < -0.39 is 26.2 Å². The number of halogens is 2. The average molecular weight is 453 g/mol. The molecule has 0 unspecified atom stereocenters. The quantitative estimate of drug-likeness (QED) is 0.560. The molecule has 2 N–H and O–H groups in total. The predicted octanol–water partition coefficient (Wildman–Crippen LogP) is 4.70. The topological polar surface area (TPSA) is 88.5 Å². The van der Waals surface area contributed by atoms with Gasteiger partial charge in [0.2, 0.25) is 0 Å². The molecule has 0 saturated heterocycles. The molecule has 2 aromatic rings. The molecule has 0 fully saturated rings. The minimum absolute atomic E-state index is 0.0104. The standard InChI is InChI=1S/C21H22F2NO6P/c1-4-9-29-18-10-17(22)20(23)19-13(2)16(14-5-7-15(28-3)8-6-14)11-24(21(18)19)12-30-31(25,26)27/h5-8,10-11H,2,4,9,12H2,1,3H3,(H2,25,26,27). The molecular weight excluding hydrogens is 431 g/mol. The summed E-state index contributed by atoms with van der Waals surface area (Å²) in [5, 5.41) is 0. The molecule has 0 spiro atoms. The summed E-state index contributed by atoms with van der Waals surface area (Å²) in [5.74, 6) is -1.67. The maximum absolute atomic E-state index is 14.9. The molecule has 0 saturated carbocycles. The van der Waals surface area contributed by atoms with Gasteiger partial charge in [-0.2, -0.15) is 0 Å². The van der Waals surface area contributed by atoms with Gasteiger partial charge in [0, 0.05) is 23.4 Å². The summed E-state index contributed by atoms with van der Waals surface area (Å²) < 4.78 is 56.0. The Morgan fingerprint density at radius 3 is 2.45 bits per heavy atom. The second-order valence-corrected chi connectivity index (χ2v) is 7.95. The summed E-state index contributed by atoms with van der Waals surface area (Å²) in [4.78, 5) is 19.5. The summed E-state index contributed by atoms with van der Waals surface area (Å²) in [5.41, 5.74) is 1.11. The van der Waals surface area contributed by atoms with Gasteiger partial charge in [0.1, 0.15) is 18.2 Å². The maximum Gasteiger partial charge on any atom is 0.471 e. The zero-order valence-electron chi connectivity index (χ0n) is 17.0. The lowest BCUT2D eigenvalue weighted by atomic mass is 9.89. The van der Waals surface area contributed by atoms with Crippen LogP contribution in [-0.2, 0) is 9.09 Å². The Kier molecular flexibility index (Phi) is 6.81. The number of fused-ring (bicyclic) bond motifs is 1. The Hall–Kier alpha value is -2.71. The number of hydrogen-bond acceptors (Lipinski definition) is 5. The highest BCUT2D eigenvalue weighted by Crippen LogP contribution is 2.48. The van der Waals surface area contributed by atoms with E-state index in [1.165, 1.54) is 18.2 Å². The maximum atomic E-state index is 14.9. The van der Waals surface area contributed by atoms with Crippen LogP contribution >= 0.6 is 7.82 Å². The molecule has 0 radical (unpaired) electrons. The molecule has 0 aromatic heterocycles. The summed E-state index contributed by atoms with van der Waals surface area (Å²) in [7, 11) is -3.32. The third-order valence-electron chi connectivity index (χ3n) is 4.58. The monoisotopic (exact) mass is 453 g/mol. The summed E-state index contributed by atoms with van der Waals surface area (Å²) in [6.07, 6.45) is 2.11. The highest BCUT2D eigenvalue weighted by atomic mass is 31.2. The number of benzene rings is 2. The van der Waals surface area contributed by atoms with Crippen LogP contribution in [0.15, 0.2) is 43.1 Å². The molecule has 166 valence electrons. The summed E-state index contributed by atoms with van der Waals surface area (Å²) in [6, 6.07) is 7.68. The fourth-order valence-electron chi connectivity index (χ4n) is 3.17. The van der Waals surface area contributed by atoms with E-state index in [-0.39, 0.29) is 29.2 Å². The van der Waals surface area contributed by atoms with E-state index in [1.54, 1.807) is 24.3 Å². The van der Waals surface area contributed by atoms with Crippen LogP contribution in [0.4, 0.5) is 14.5 Å². The molecule has 1 aliphatic rings. The molecule has 10 heteroatoms. The van der Waals surface area contributed by atoms with Crippen molar-refractivity contribution in [2.45, 2.75) is 13.3 Å². The van der Waals surface area contributed by atoms with Crippen LogP contribution in [0, 0.1) is 11.6 Å². The van der Waals surface area contributed by atoms with E-state index in [0.717, 1.165) is 6.07 Å². The van der Waals surface area contributed by atoms with Gasteiger partial charge in [0.05, 0.1) is 19.4 Å². The van der Waals surface area contributed by atoms with Crippen LogP contribution in [0.25, 0.3) is 11.1 Å². The first-order chi connectivity index (χ1) is 14.7. The first kappa shape index (κ1) is 23.0. The predicted molar refractivity (Wildman–Crippen MR) is 113 cm³/mol. The van der Waals surface area contributed by atoms with E-state index in [2.05, 4.69) is 11.1 Å². The molecule has 0 aliphatic carbocycles. The van der Waals surface area contributed by atoms with Crippen LogP contribution in [0.2, 0.25) is 0 Å². The molecule has 1 heterocycles. The molecule has 0 bridgehead atoms. The van der Waals surface area contributed by atoms with Crippen molar-refractivity contribution >= 4 is 24.7 Å². The van der Waals surface area contributed by atoms with Gasteiger partial charge in [0.15, 0.2) is 11.6 Å². The van der Waals surface area contributed by atoms with Crippen molar-refractivity contribution in [3.63, 3.8) is 0 Å². The molecule has 2 aromatic carbocycles. The number of hydrogen-bond donors (Lipinski definition) is 2. The van der Waals surface area contributed by atoms with Gasteiger partial charge < -0.3 is 24.2 Å². The SMILES string of the molecule is C=C1C(c2ccc(OC)cc2)=CN(COP(=O)(O)O)c2c(OCCC)cc(F)c(F)c21. The minimum Gasteiger partial charge on any atom is -0.497 e. The fraction of sp³-hybridized carbons (Fsp3) is 0.238. The Labute approximate surface area is 178 Å². The number of phosphoric acid groups is 1. The van der Waals surface area contributed by atoms with Crippen molar-refractivity contribution in [3.8, 4) is 11.5 Å². The lowest BCUT2D eigenvalue weighted by Gasteiger charge is -2.32. The molecule has 3 rings (SSSR count). The molecule has 1 aliphatic heterocycles. The van der Waals surface area contributed by atoms with Crippen molar-refractivity contribution in [2.24, 2.45) is 0 Å². The van der Waals surface area contributed by atoms with Gasteiger partial charge in [-0.3, -0.25) is 4.52 Å². The van der Waals surface area contributed by atoms with E-state index in [0.29, 0.717) is 23.3 Å². The van der Waals surface area contributed by atoms with Gasteiger partial charge >= 0.3 is 7.82 Å². The summed E-state index contributed by atoms with van der Waals surface area (Å²) in [6.45, 7) is 5.39. The van der Waals surface area contributed by atoms with Crippen molar-refractivity contribution in [2.75, 3.05) is 25.3 Å². The van der Waals surface area contributed by atoms with Crippen LogP contribution in [0.1, 0.15) is 24.5 Å². The first-order valence-corrected chi connectivity index (χ1v) is 10.9. The average Bonchev–Trinajstić information content (AvgIpc) is 2.73. The highest BCUT2D eigenvalue weighted by molar-refractivity contribution is 7.46. The number of allylic oxidation sites excluding steroid dienone is 2. The van der Waals surface area contributed by atoms with Crippen LogP contribution in [-0.4, -0.2) is 30.2 Å². The Morgan fingerprint density at radius 1 is 1.19 bits per heavy atom. The van der Waals surface area contributed by atoms with Crippen molar-refractivity contribution in [3.05, 3.63) is 65.9 Å². The largest absolute Gasteiger partial charge is 0.497 e. The second kappa shape index (κ2) is 9.20. The van der Waals surface area contributed by atoms with Crippen LogP contribution in [0.3, 0.4) is 0 Å². The minimum atomic E-state index is -4.84. The van der Waals surface area contributed by atoms with Gasteiger partial charge in [-0.05, 0) is 29.7 Å². The smallest absolute Gasteiger partial charge is 0.471 e. The normalized spacial score (nSPS) is 13.7. The van der Waals surface area contributed by atoms with Crippen molar-refractivity contribution < 1.29 is 37.1 Å². The lowest BCUT2D eigenvalue weighted by molar-refractivity contribution is 0.200. The third-order valence-corrected chi connectivity index (χ3v) is 5.04. The number of methoxy groups -OCH3 is 1. The van der Waals surface area contributed by atoms with E-state index in [1.807, 2.05) is 6.92 Å². The van der Waals surface area contributed by atoms with Crippen molar-refractivity contribution in [1.82, 2.24) is 0 Å². The lowest BCUT2D eigenvalue weighted by Crippen LogP contribution is -2.26. The zero-order chi connectivity index (χ0) is 22.8. The Balaban J connectivity index is 2.17. The fourth-order valence-corrected chi connectivity index (χ4v) is 3.44. The molecule has 7 nitrogen and oxygen atoms in total. The molecule has 31 heavy (non-hydrogen) atoms. The molecule has 0 atom stereocenters. The number of anilines is 1. The number of ether oxygens (including phenoxy) is 2. The van der Waals surface area contributed by atoms with Gasteiger partial charge in [-0.1, -0.05) is 25.6 Å². The molecule has 0 amide bonds. The van der Waals surface area contributed by atoms with Crippen LogP contribution < -0.4 is 14.4 Å². The molecular formula is C21H22F2NO6P. The Bertz CT molecular complexity index is 1060. The van der Waals surface area contributed by atoms with E-state index in [4.69, 9.17) is 19.3 Å². The van der Waals surface area contributed by atoms with Gasteiger partial charge in [0.25, 0.3) is 0 Å². The third kappa shape index (κ3) is 4.97. The zero-order valence-corrected chi connectivity index (χ0v) is 17.9. The number of nitrogens with zero attached hydrogens (tertiary/aromatic N) is 1. The second-order valence-electron chi connectivity index (χ2n) is 6.71. The van der Waals surface area contributed by atoms with Gasteiger partial charge in [-0.25, -0.2) is 13.3 Å². The van der Waals surface area contributed by atoms with Gasteiger partial charge in [-0.15, -0.1) is 0 Å². The first-order valence-electron chi connectivity index (χ1n) is 9.33.